The highest BCUT2D eigenvalue weighted by atomic mass is 16.6. The van der Waals surface area contributed by atoms with Gasteiger partial charge in [-0.3, -0.25) is 9.59 Å². The largest absolute Gasteiger partial charge is 0.444 e. The molecule has 7 nitrogen and oxygen atoms in total. The molecule has 3 rings (SSSR count). The van der Waals surface area contributed by atoms with Gasteiger partial charge in [0.05, 0.1) is 0 Å². The quantitative estimate of drug-likeness (QED) is 0.271. The van der Waals surface area contributed by atoms with Crippen LogP contribution >= 0.6 is 0 Å². The van der Waals surface area contributed by atoms with Gasteiger partial charge >= 0.3 is 6.09 Å². The third kappa shape index (κ3) is 8.81. The molecule has 3 aromatic carbocycles. The van der Waals surface area contributed by atoms with Gasteiger partial charge in [-0.25, -0.2) is 4.79 Å². The normalized spacial score (nSPS) is 13.8. The smallest absolute Gasteiger partial charge is 0.408 e. The molecule has 0 aliphatic carbocycles. The molecule has 0 aliphatic rings. The first-order chi connectivity index (χ1) is 19.3. The summed E-state index contributed by atoms with van der Waals surface area (Å²) in [6.07, 6.45) is 0.365. The maximum absolute atomic E-state index is 14.4. The minimum Gasteiger partial charge on any atom is -0.444 e. The molecular weight excluding hydrogens is 514 g/mol. The Hall–Kier alpha value is -3.87. The molecule has 0 heterocycles. The number of carbonyl (C=O) groups excluding carboxylic acids is 3. The second kappa shape index (κ2) is 13.7. The molecule has 0 saturated carbocycles. The molecule has 220 valence electrons. The molecule has 2 N–H and O–H groups in total. The van der Waals surface area contributed by atoms with Gasteiger partial charge in [0, 0.05) is 11.7 Å². The SMILES string of the molecule is CCC(C)N(C(=O)C(CC(C)C)NC(=O)OC(C)(C)C)C(C(=O)Nc1ccc2ccccc2c1)c1ccc(C)cc1. The highest BCUT2D eigenvalue weighted by molar-refractivity contribution is 6.00. The fourth-order valence-electron chi connectivity index (χ4n) is 4.78. The van der Waals surface area contributed by atoms with Gasteiger partial charge < -0.3 is 20.3 Å². The molecule has 3 unspecified atom stereocenters. The molecule has 3 aromatic rings. The number of fused-ring (bicyclic) bond motifs is 1. The minimum absolute atomic E-state index is 0.113. The Morgan fingerprint density at radius 2 is 1.54 bits per heavy atom. The third-order valence-corrected chi connectivity index (χ3v) is 6.95. The first-order valence-electron chi connectivity index (χ1n) is 14.5. The second-order valence-corrected chi connectivity index (χ2v) is 12.2. The number of hydrogen-bond donors (Lipinski definition) is 2. The Bertz CT molecular complexity index is 1340. The number of anilines is 1. The molecule has 0 saturated heterocycles. The number of alkyl carbamates (subject to hydrolysis) is 1. The van der Waals surface area contributed by atoms with Crippen LogP contribution in [-0.4, -0.2) is 40.5 Å². The van der Waals surface area contributed by atoms with Crippen molar-refractivity contribution >= 4 is 34.4 Å². The molecule has 0 spiro atoms. The van der Waals surface area contributed by atoms with Crippen molar-refractivity contribution in [1.29, 1.82) is 0 Å². The number of amides is 3. The van der Waals surface area contributed by atoms with Crippen molar-refractivity contribution in [1.82, 2.24) is 10.2 Å². The molecule has 0 fully saturated rings. The minimum atomic E-state index is -0.917. The van der Waals surface area contributed by atoms with E-state index in [0.29, 0.717) is 24.1 Å². The van der Waals surface area contributed by atoms with E-state index in [0.717, 1.165) is 16.3 Å². The van der Waals surface area contributed by atoms with Crippen LogP contribution in [0.3, 0.4) is 0 Å². The zero-order valence-corrected chi connectivity index (χ0v) is 25.7. The summed E-state index contributed by atoms with van der Waals surface area (Å²) in [5, 5.41) is 7.95. The van der Waals surface area contributed by atoms with E-state index < -0.39 is 23.8 Å². The summed E-state index contributed by atoms with van der Waals surface area (Å²) in [6, 6.07) is 19.3. The first kappa shape index (κ1) is 31.7. The molecular formula is C34H45N3O4. The zero-order valence-electron chi connectivity index (χ0n) is 25.7. The Balaban J connectivity index is 2.04. The number of ether oxygens (including phenoxy) is 1. The van der Waals surface area contributed by atoms with E-state index in [1.165, 1.54) is 0 Å². The number of rotatable bonds is 10. The number of hydrogen-bond acceptors (Lipinski definition) is 4. The second-order valence-electron chi connectivity index (χ2n) is 12.2. The van der Waals surface area contributed by atoms with Crippen LogP contribution in [0.1, 0.15) is 78.5 Å². The molecule has 3 amide bonds. The van der Waals surface area contributed by atoms with Gasteiger partial charge in [0.1, 0.15) is 17.7 Å². The highest BCUT2D eigenvalue weighted by Gasteiger charge is 2.38. The van der Waals surface area contributed by atoms with E-state index in [1.807, 2.05) is 101 Å². The average Bonchev–Trinajstić information content (AvgIpc) is 2.89. The number of aryl methyl sites for hydroxylation is 1. The monoisotopic (exact) mass is 559 g/mol. The van der Waals surface area contributed by atoms with E-state index in [-0.39, 0.29) is 23.8 Å². The summed E-state index contributed by atoms with van der Waals surface area (Å²) in [5.41, 5.74) is 1.68. The van der Waals surface area contributed by atoms with Crippen LogP contribution in [-0.2, 0) is 14.3 Å². The lowest BCUT2D eigenvalue weighted by Crippen LogP contribution is -2.55. The Labute approximate surface area is 244 Å². The summed E-state index contributed by atoms with van der Waals surface area (Å²) in [4.78, 5) is 42.9. The summed E-state index contributed by atoms with van der Waals surface area (Å²) in [7, 11) is 0. The van der Waals surface area contributed by atoms with E-state index in [9.17, 15) is 14.4 Å². The van der Waals surface area contributed by atoms with E-state index in [4.69, 9.17) is 4.74 Å². The fraction of sp³-hybridized carbons (Fsp3) is 0.441. The molecule has 0 radical (unpaired) electrons. The number of carbonyl (C=O) groups is 3. The molecule has 0 bridgehead atoms. The van der Waals surface area contributed by atoms with Crippen molar-refractivity contribution in [2.75, 3.05) is 5.32 Å². The van der Waals surface area contributed by atoms with Crippen LogP contribution in [0.4, 0.5) is 10.5 Å². The van der Waals surface area contributed by atoms with E-state index >= 15 is 0 Å². The summed E-state index contributed by atoms with van der Waals surface area (Å²) >= 11 is 0. The van der Waals surface area contributed by atoms with Gasteiger partial charge in [-0.05, 0) is 81.8 Å². The van der Waals surface area contributed by atoms with Gasteiger partial charge in [-0.2, -0.15) is 0 Å². The summed E-state index contributed by atoms with van der Waals surface area (Å²) in [6.45, 7) is 15.2. The van der Waals surface area contributed by atoms with Crippen molar-refractivity contribution in [3.8, 4) is 0 Å². The van der Waals surface area contributed by atoms with Gasteiger partial charge in [0.2, 0.25) is 5.91 Å². The zero-order chi connectivity index (χ0) is 30.3. The highest BCUT2D eigenvalue weighted by Crippen LogP contribution is 2.29. The Morgan fingerprint density at radius 1 is 0.902 bits per heavy atom. The number of nitrogens with zero attached hydrogens (tertiary/aromatic N) is 1. The molecule has 41 heavy (non-hydrogen) atoms. The van der Waals surface area contributed by atoms with Crippen LogP contribution in [0.5, 0.6) is 0 Å². The van der Waals surface area contributed by atoms with Crippen molar-refractivity contribution in [2.45, 2.75) is 92.0 Å². The van der Waals surface area contributed by atoms with Crippen LogP contribution in [0.25, 0.3) is 10.8 Å². The maximum Gasteiger partial charge on any atom is 0.408 e. The van der Waals surface area contributed by atoms with E-state index in [1.54, 1.807) is 25.7 Å². The van der Waals surface area contributed by atoms with Crippen molar-refractivity contribution < 1.29 is 19.1 Å². The molecule has 0 aliphatic heterocycles. The fourth-order valence-corrected chi connectivity index (χ4v) is 4.78. The summed E-state index contributed by atoms with van der Waals surface area (Å²) in [5.74, 6) is -0.529. The maximum atomic E-state index is 14.4. The van der Waals surface area contributed by atoms with Crippen LogP contribution in [0.2, 0.25) is 0 Å². The molecule has 0 aromatic heterocycles. The van der Waals surface area contributed by atoms with Crippen molar-refractivity contribution in [3.05, 3.63) is 77.9 Å². The first-order valence-corrected chi connectivity index (χ1v) is 14.5. The topological polar surface area (TPSA) is 87.7 Å². The number of nitrogens with one attached hydrogen (secondary N) is 2. The predicted molar refractivity (Wildman–Crippen MR) is 166 cm³/mol. The lowest BCUT2D eigenvalue weighted by molar-refractivity contribution is -0.143. The molecule has 3 atom stereocenters. The van der Waals surface area contributed by atoms with Gasteiger partial charge in [0.15, 0.2) is 0 Å². The predicted octanol–water partition coefficient (Wildman–Crippen LogP) is 7.39. The third-order valence-electron chi connectivity index (χ3n) is 6.95. The van der Waals surface area contributed by atoms with Crippen LogP contribution in [0.15, 0.2) is 66.7 Å². The van der Waals surface area contributed by atoms with E-state index in [2.05, 4.69) is 10.6 Å². The Morgan fingerprint density at radius 3 is 2.12 bits per heavy atom. The van der Waals surface area contributed by atoms with Gasteiger partial charge in [-0.15, -0.1) is 0 Å². The standard InChI is InChI=1S/C34H45N3O4/c1-9-24(5)37(32(39)29(20-22(2)3)36-33(40)41-34(6,7)8)30(26-16-14-23(4)15-17-26)31(38)35-28-19-18-25-12-10-11-13-27(25)21-28/h10-19,21-22,24,29-30H,9,20H2,1-8H3,(H,35,38)(H,36,40). The lowest BCUT2D eigenvalue weighted by Gasteiger charge is -2.38. The summed E-state index contributed by atoms with van der Waals surface area (Å²) < 4.78 is 5.49. The molecule has 7 heteroatoms. The van der Waals surface area contributed by atoms with Gasteiger partial charge in [-0.1, -0.05) is 80.9 Å². The average molecular weight is 560 g/mol. The van der Waals surface area contributed by atoms with Crippen molar-refractivity contribution in [3.63, 3.8) is 0 Å². The van der Waals surface area contributed by atoms with Crippen molar-refractivity contribution in [2.24, 2.45) is 5.92 Å². The van der Waals surface area contributed by atoms with Crippen LogP contribution in [0, 0.1) is 12.8 Å². The van der Waals surface area contributed by atoms with Crippen LogP contribution < -0.4 is 10.6 Å². The van der Waals surface area contributed by atoms with Gasteiger partial charge in [0.25, 0.3) is 5.91 Å². The lowest BCUT2D eigenvalue weighted by atomic mass is 9.96. The number of benzene rings is 3. The Kier molecular flexibility index (Phi) is 10.5.